The van der Waals surface area contributed by atoms with Gasteiger partial charge in [-0.05, 0) is 36.8 Å². The first kappa shape index (κ1) is 14.1. The quantitative estimate of drug-likeness (QED) is 0.674. The predicted molar refractivity (Wildman–Crippen MR) is 82.3 cm³/mol. The van der Waals surface area contributed by atoms with E-state index in [0.717, 1.165) is 5.56 Å². The average molecular weight is 321 g/mol. The number of nitrogens with zero attached hydrogens (tertiary/aromatic N) is 3. The summed E-state index contributed by atoms with van der Waals surface area (Å²) in [6.07, 6.45) is 3.05. The summed E-state index contributed by atoms with van der Waals surface area (Å²) in [6.45, 7) is 1.88. The molecule has 0 saturated carbocycles. The van der Waals surface area contributed by atoms with E-state index in [0.29, 0.717) is 10.6 Å². The van der Waals surface area contributed by atoms with E-state index in [2.05, 4.69) is 5.10 Å². The lowest BCUT2D eigenvalue weighted by atomic mass is 10.1. The zero-order chi connectivity index (χ0) is 16.8. The van der Waals surface area contributed by atoms with E-state index >= 15 is 0 Å². The second-order valence-electron chi connectivity index (χ2n) is 5.42. The molecule has 0 saturated heterocycles. The largest absolute Gasteiger partial charge is 0.367 e. The number of aromatic nitrogens is 2. The second-order valence-corrected chi connectivity index (χ2v) is 5.42. The Morgan fingerprint density at radius 1 is 1.08 bits per heavy atom. The van der Waals surface area contributed by atoms with Crippen LogP contribution in [0.5, 0.6) is 0 Å². The van der Waals surface area contributed by atoms with Gasteiger partial charge in [0, 0.05) is 6.20 Å². The number of benzene rings is 1. The normalized spacial score (nSPS) is 13.5. The van der Waals surface area contributed by atoms with Crippen LogP contribution in [0.2, 0.25) is 0 Å². The van der Waals surface area contributed by atoms with Crippen LogP contribution in [0.4, 0.5) is 0 Å². The molecule has 0 aliphatic carbocycles. The molecule has 0 unspecified atom stereocenters. The van der Waals surface area contributed by atoms with Crippen LogP contribution in [0.15, 0.2) is 48.8 Å². The highest BCUT2D eigenvalue weighted by Gasteiger charge is 2.39. The lowest BCUT2D eigenvalue weighted by molar-refractivity contribution is -0.0583. The molecule has 0 atom stereocenters. The first-order valence-corrected chi connectivity index (χ1v) is 7.20. The van der Waals surface area contributed by atoms with Crippen LogP contribution >= 0.6 is 0 Å². The summed E-state index contributed by atoms with van der Waals surface area (Å²) in [4.78, 5) is 41.9. The summed E-state index contributed by atoms with van der Waals surface area (Å²) < 4.78 is 1.52. The molecule has 3 aromatic rings. The Morgan fingerprint density at radius 3 is 2.42 bits per heavy atom. The van der Waals surface area contributed by atoms with Gasteiger partial charge in [-0.3, -0.25) is 9.59 Å². The lowest BCUT2D eigenvalue weighted by Crippen LogP contribution is -2.32. The molecule has 2 aromatic heterocycles. The third-order valence-corrected chi connectivity index (χ3v) is 3.83. The number of rotatable bonds is 2. The van der Waals surface area contributed by atoms with Gasteiger partial charge in [0.2, 0.25) is 0 Å². The lowest BCUT2D eigenvalue weighted by Gasteiger charge is -2.12. The van der Waals surface area contributed by atoms with Gasteiger partial charge in [0.05, 0.1) is 22.8 Å². The third kappa shape index (κ3) is 1.98. The minimum atomic E-state index is -0.815. The SMILES string of the molecule is Cc1ccn2ncc(C(=O)ON3C(=O)c4ccccc4C3=O)c2c1. The number of pyridine rings is 1. The van der Waals surface area contributed by atoms with E-state index in [4.69, 9.17) is 4.84 Å². The van der Waals surface area contributed by atoms with Gasteiger partial charge in [-0.25, -0.2) is 9.31 Å². The minimum absolute atomic E-state index is 0.176. The topological polar surface area (TPSA) is 81.0 Å². The van der Waals surface area contributed by atoms with Crippen molar-refractivity contribution in [2.75, 3.05) is 0 Å². The summed E-state index contributed by atoms with van der Waals surface area (Å²) in [5.74, 6) is -2.13. The number of carbonyl (C=O) groups excluding carboxylic acids is 3. The van der Waals surface area contributed by atoms with E-state index in [1.807, 2.05) is 13.0 Å². The molecule has 7 nitrogen and oxygen atoms in total. The highest BCUT2D eigenvalue weighted by molar-refractivity contribution is 6.21. The zero-order valence-corrected chi connectivity index (χ0v) is 12.6. The highest BCUT2D eigenvalue weighted by atomic mass is 16.7. The molecule has 0 radical (unpaired) electrons. The molecule has 4 rings (SSSR count). The van der Waals surface area contributed by atoms with E-state index in [9.17, 15) is 14.4 Å². The van der Waals surface area contributed by atoms with Crippen molar-refractivity contribution in [3.8, 4) is 0 Å². The van der Waals surface area contributed by atoms with Gasteiger partial charge in [-0.15, -0.1) is 0 Å². The Kier molecular flexibility index (Phi) is 2.96. The summed E-state index contributed by atoms with van der Waals surface area (Å²) in [6, 6.07) is 9.93. The molecule has 1 aliphatic heterocycles. The number of carbonyl (C=O) groups is 3. The fourth-order valence-corrected chi connectivity index (χ4v) is 2.63. The Morgan fingerprint density at radius 2 is 1.75 bits per heavy atom. The zero-order valence-electron chi connectivity index (χ0n) is 12.6. The van der Waals surface area contributed by atoms with Gasteiger partial charge in [0.25, 0.3) is 11.8 Å². The number of aryl methyl sites for hydroxylation is 1. The Labute approximate surface area is 136 Å². The van der Waals surface area contributed by atoms with Gasteiger partial charge in [-0.1, -0.05) is 17.2 Å². The summed E-state index contributed by atoms with van der Waals surface area (Å²) in [7, 11) is 0. The number of amides is 2. The van der Waals surface area contributed by atoms with Gasteiger partial charge in [0.1, 0.15) is 5.56 Å². The van der Waals surface area contributed by atoms with Gasteiger partial charge in [0.15, 0.2) is 0 Å². The van der Waals surface area contributed by atoms with E-state index in [1.165, 1.54) is 22.8 Å². The Balaban J connectivity index is 1.66. The maximum absolute atomic E-state index is 12.4. The first-order chi connectivity index (χ1) is 11.6. The van der Waals surface area contributed by atoms with Gasteiger partial charge < -0.3 is 4.84 Å². The van der Waals surface area contributed by atoms with E-state index in [1.54, 1.807) is 24.4 Å². The molecule has 118 valence electrons. The first-order valence-electron chi connectivity index (χ1n) is 7.20. The van der Waals surface area contributed by atoms with Gasteiger partial charge in [-0.2, -0.15) is 5.10 Å². The number of hydroxylamine groups is 2. The van der Waals surface area contributed by atoms with Crippen molar-refractivity contribution < 1.29 is 19.2 Å². The summed E-state index contributed by atoms with van der Waals surface area (Å²) >= 11 is 0. The Hall–Kier alpha value is -3.48. The van der Waals surface area contributed by atoms with Crippen molar-refractivity contribution in [3.63, 3.8) is 0 Å². The third-order valence-electron chi connectivity index (χ3n) is 3.83. The van der Waals surface area contributed by atoms with Crippen molar-refractivity contribution in [1.29, 1.82) is 0 Å². The molecule has 24 heavy (non-hydrogen) atoms. The van der Waals surface area contributed by atoms with E-state index in [-0.39, 0.29) is 16.7 Å². The minimum Gasteiger partial charge on any atom is -0.324 e. The molecular formula is C17H11N3O4. The second kappa shape index (κ2) is 5.02. The standard InChI is InChI=1S/C17H11N3O4/c1-10-6-7-19-14(8-10)13(9-18-19)17(23)24-20-15(21)11-4-2-3-5-12(11)16(20)22/h2-9H,1H3. The van der Waals surface area contributed by atoms with Crippen molar-refractivity contribution in [1.82, 2.24) is 14.7 Å². The molecule has 7 heteroatoms. The molecule has 0 fully saturated rings. The molecule has 0 bridgehead atoms. The van der Waals surface area contributed by atoms with Crippen molar-refractivity contribution in [2.45, 2.75) is 6.92 Å². The van der Waals surface area contributed by atoms with E-state index < -0.39 is 17.8 Å². The molecule has 1 aliphatic rings. The molecule has 0 N–H and O–H groups in total. The average Bonchev–Trinajstić information content (AvgIpc) is 3.10. The van der Waals surface area contributed by atoms with Gasteiger partial charge >= 0.3 is 5.97 Å². The van der Waals surface area contributed by atoms with Crippen LogP contribution < -0.4 is 0 Å². The number of hydrogen-bond donors (Lipinski definition) is 0. The fraction of sp³-hybridized carbons (Fsp3) is 0.0588. The van der Waals surface area contributed by atoms with Crippen LogP contribution in [0.25, 0.3) is 5.52 Å². The number of fused-ring (bicyclic) bond motifs is 2. The molecular weight excluding hydrogens is 310 g/mol. The van der Waals surface area contributed by atoms with Crippen LogP contribution in [0.1, 0.15) is 36.6 Å². The predicted octanol–water partition coefficient (Wildman–Crippen LogP) is 2.01. The monoisotopic (exact) mass is 321 g/mol. The van der Waals surface area contributed by atoms with Crippen LogP contribution in [-0.2, 0) is 4.84 Å². The molecule has 2 amide bonds. The molecule has 0 spiro atoms. The molecule has 1 aromatic carbocycles. The maximum Gasteiger partial charge on any atom is 0.367 e. The smallest absolute Gasteiger partial charge is 0.324 e. The fourth-order valence-electron chi connectivity index (χ4n) is 2.63. The van der Waals surface area contributed by atoms with Crippen molar-refractivity contribution >= 4 is 23.3 Å². The number of imide groups is 1. The molecule has 3 heterocycles. The Bertz CT molecular complexity index is 987. The number of hydrogen-bond acceptors (Lipinski definition) is 5. The summed E-state index contributed by atoms with van der Waals surface area (Å²) in [5, 5.41) is 4.55. The van der Waals surface area contributed by atoms with Crippen LogP contribution in [-0.4, -0.2) is 32.5 Å². The summed E-state index contributed by atoms with van der Waals surface area (Å²) in [5.41, 5.74) is 2.08. The van der Waals surface area contributed by atoms with Crippen LogP contribution in [0.3, 0.4) is 0 Å². The van der Waals surface area contributed by atoms with Crippen LogP contribution in [0, 0.1) is 6.92 Å². The van der Waals surface area contributed by atoms with Crippen molar-refractivity contribution in [2.24, 2.45) is 0 Å². The maximum atomic E-state index is 12.4. The van der Waals surface area contributed by atoms with Crippen molar-refractivity contribution in [3.05, 3.63) is 71.0 Å². The highest BCUT2D eigenvalue weighted by Crippen LogP contribution is 2.24.